The van der Waals surface area contributed by atoms with Crippen LogP contribution in [0.5, 0.6) is 0 Å². The zero-order valence-electron chi connectivity index (χ0n) is 10.9. The van der Waals surface area contributed by atoms with E-state index in [4.69, 9.17) is 0 Å². The van der Waals surface area contributed by atoms with Crippen molar-refractivity contribution in [1.82, 2.24) is 0 Å². The first-order valence-corrected chi connectivity index (χ1v) is 7.50. The van der Waals surface area contributed by atoms with Crippen molar-refractivity contribution in [3.8, 4) is 0 Å². The van der Waals surface area contributed by atoms with E-state index in [1.807, 2.05) is 0 Å². The van der Waals surface area contributed by atoms with E-state index in [0.717, 1.165) is 16.7 Å². The van der Waals surface area contributed by atoms with Gasteiger partial charge in [-0.3, -0.25) is 0 Å². The Balaban J connectivity index is 1.74. The largest absolute Gasteiger partial charge is 0.143 e. The monoisotopic (exact) mass is 248 g/mol. The maximum absolute atomic E-state index is 4.32. The molecule has 0 aliphatic heterocycles. The Bertz CT molecular complexity index is 320. The van der Waals surface area contributed by atoms with E-state index in [-0.39, 0.29) is 0 Å². The highest BCUT2D eigenvalue weighted by Crippen LogP contribution is 2.33. The molecule has 0 aromatic heterocycles. The summed E-state index contributed by atoms with van der Waals surface area (Å²) in [5, 5.41) is 0. The lowest BCUT2D eigenvalue weighted by Gasteiger charge is -2.27. The lowest BCUT2D eigenvalue weighted by Crippen LogP contribution is -2.14. The summed E-state index contributed by atoms with van der Waals surface area (Å²) in [6.45, 7) is 2.34. The molecule has 0 spiro atoms. The van der Waals surface area contributed by atoms with Crippen molar-refractivity contribution in [3.63, 3.8) is 0 Å². The van der Waals surface area contributed by atoms with Gasteiger partial charge in [-0.15, -0.1) is 12.6 Å². The molecule has 1 saturated carbocycles. The highest BCUT2D eigenvalue weighted by molar-refractivity contribution is 7.80. The molecule has 1 aliphatic rings. The molecule has 1 aromatic carbocycles. The van der Waals surface area contributed by atoms with Crippen LogP contribution in [0.15, 0.2) is 29.2 Å². The Morgan fingerprint density at radius 3 is 2.18 bits per heavy atom. The normalized spacial score (nSPS) is 24.8. The number of thiol groups is 1. The zero-order chi connectivity index (χ0) is 12.1. The molecule has 1 aliphatic carbocycles. The van der Waals surface area contributed by atoms with E-state index < -0.39 is 0 Å². The summed E-state index contributed by atoms with van der Waals surface area (Å²) in [5.41, 5.74) is 1.47. The Morgan fingerprint density at radius 1 is 1.00 bits per heavy atom. The van der Waals surface area contributed by atoms with E-state index in [0.29, 0.717) is 0 Å². The molecule has 0 heterocycles. The van der Waals surface area contributed by atoms with E-state index in [1.165, 1.54) is 50.5 Å². The van der Waals surface area contributed by atoms with Gasteiger partial charge in [0.25, 0.3) is 0 Å². The van der Waals surface area contributed by atoms with Crippen LogP contribution in [0.25, 0.3) is 0 Å². The topological polar surface area (TPSA) is 0 Å². The molecule has 0 radical (unpaired) electrons. The van der Waals surface area contributed by atoms with Gasteiger partial charge in [0.2, 0.25) is 0 Å². The summed E-state index contributed by atoms with van der Waals surface area (Å²) in [6.07, 6.45) is 9.87. The highest BCUT2D eigenvalue weighted by atomic mass is 32.1. The highest BCUT2D eigenvalue weighted by Gasteiger charge is 2.19. The molecule has 0 saturated heterocycles. The Hall–Kier alpha value is -0.430. The minimum Gasteiger partial charge on any atom is -0.143 e. The van der Waals surface area contributed by atoms with Crippen LogP contribution in [0.1, 0.15) is 51.0 Å². The third kappa shape index (κ3) is 4.06. The van der Waals surface area contributed by atoms with Gasteiger partial charge in [-0.25, -0.2) is 0 Å². The molecule has 1 aromatic rings. The third-order valence-corrected chi connectivity index (χ3v) is 4.62. The number of aryl methyl sites for hydroxylation is 1. The minimum atomic E-state index is 0.980. The fourth-order valence-corrected chi connectivity index (χ4v) is 3.11. The number of rotatable bonds is 4. The predicted molar refractivity (Wildman–Crippen MR) is 77.8 cm³/mol. The maximum Gasteiger partial charge on any atom is 0.00401 e. The summed E-state index contributed by atoms with van der Waals surface area (Å²) >= 11 is 4.32. The number of benzene rings is 1. The first kappa shape index (κ1) is 13.0. The zero-order valence-corrected chi connectivity index (χ0v) is 11.8. The molecule has 0 bridgehead atoms. The van der Waals surface area contributed by atoms with E-state index in [2.05, 4.69) is 43.8 Å². The van der Waals surface area contributed by atoms with Gasteiger partial charge in [-0.05, 0) is 42.4 Å². The molecule has 2 rings (SSSR count). The second kappa shape index (κ2) is 6.49. The molecule has 0 amide bonds. The maximum atomic E-state index is 4.32. The van der Waals surface area contributed by atoms with Gasteiger partial charge in [0, 0.05) is 4.90 Å². The average Bonchev–Trinajstić information content (AvgIpc) is 2.39. The first-order valence-electron chi connectivity index (χ1n) is 7.06. The second-order valence-corrected chi connectivity index (χ2v) is 6.02. The van der Waals surface area contributed by atoms with Crippen LogP contribution in [0, 0.1) is 11.8 Å². The molecule has 94 valence electrons. The van der Waals surface area contributed by atoms with Gasteiger partial charge < -0.3 is 0 Å². The van der Waals surface area contributed by atoms with Crippen LogP contribution in [0.4, 0.5) is 0 Å². The molecule has 0 atom stereocenters. The SMILES string of the molecule is CCC1CCC(CCc2ccc(S)cc2)CC1. The van der Waals surface area contributed by atoms with Gasteiger partial charge in [0.1, 0.15) is 0 Å². The van der Waals surface area contributed by atoms with Crippen molar-refractivity contribution < 1.29 is 0 Å². The van der Waals surface area contributed by atoms with E-state index in [9.17, 15) is 0 Å². The summed E-state index contributed by atoms with van der Waals surface area (Å²) < 4.78 is 0. The summed E-state index contributed by atoms with van der Waals surface area (Å²) in [5.74, 6) is 2.00. The van der Waals surface area contributed by atoms with Crippen molar-refractivity contribution in [2.24, 2.45) is 11.8 Å². The van der Waals surface area contributed by atoms with Crippen LogP contribution < -0.4 is 0 Å². The lowest BCUT2D eigenvalue weighted by atomic mass is 9.78. The van der Waals surface area contributed by atoms with Crippen LogP contribution in [-0.2, 0) is 6.42 Å². The van der Waals surface area contributed by atoms with E-state index in [1.54, 1.807) is 0 Å². The first-order chi connectivity index (χ1) is 8.28. The summed E-state index contributed by atoms with van der Waals surface area (Å²) in [6, 6.07) is 8.65. The lowest BCUT2D eigenvalue weighted by molar-refractivity contribution is 0.259. The molecule has 0 unspecified atom stereocenters. The summed E-state index contributed by atoms with van der Waals surface area (Å²) in [4.78, 5) is 1.07. The third-order valence-electron chi connectivity index (χ3n) is 4.32. The van der Waals surface area contributed by atoms with Gasteiger partial charge in [-0.2, -0.15) is 0 Å². The average molecular weight is 248 g/mol. The van der Waals surface area contributed by atoms with Crippen LogP contribution in [0.3, 0.4) is 0 Å². The van der Waals surface area contributed by atoms with E-state index >= 15 is 0 Å². The number of hydrogen-bond donors (Lipinski definition) is 1. The molecular formula is C16H24S. The Morgan fingerprint density at radius 2 is 1.59 bits per heavy atom. The van der Waals surface area contributed by atoms with Crippen LogP contribution >= 0.6 is 12.6 Å². The molecule has 0 nitrogen and oxygen atoms in total. The standard InChI is InChI=1S/C16H24S/c1-2-13-3-5-14(6-4-13)7-8-15-9-11-16(17)12-10-15/h9-14,17H,2-8H2,1H3. The molecular weight excluding hydrogens is 224 g/mol. The van der Waals surface area contributed by atoms with Crippen molar-refractivity contribution in [2.75, 3.05) is 0 Å². The van der Waals surface area contributed by atoms with Crippen molar-refractivity contribution in [3.05, 3.63) is 29.8 Å². The Kier molecular flexibility index (Phi) is 4.97. The van der Waals surface area contributed by atoms with Crippen LogP contribution in [-0.4, -0.2) is 0 Å². The second-order valence-electron chi connectivity index (χ2n) is 5.50. The number of hydrogen-bond acceptors (Lipinski definition) is 1. The minimum absolute atomic E-state index is 0.980. The quantitative estimate of drug-likeness (QED) is 0.702. The van der Waals surface area contributed by atoms with Crippen molar-refractivity contribution in [2.45, 2.75) is 56.8 Å². The smallest absolute Gasteiger partial charge is 0.00401 e. The van der Waals surface area contributed by atoms with Gasteiger partial charge in [-0.1, -0.05) is 51.2 Å². The molecule has 1 fully saturated rings. The van der Waals surface area contributed by atoms with Gasteiger partial charge in [0.05, 0.1) is 0 Å². The Labute approximate surface area is 111 Å². The van der Waals surface area contributed by atoms with Crippen molar-refractivity contribution in [1.29, 1.82) is 0 Å². The molecule has 17 heavy (non-hydrogen) atoms. The predicted octanol–water partition coefficient (Wildman–Crippen LogP) is 5.12. The summed E-state index contributed by atoms with van der Waals surface area (Å²) in [7, 11) is 0. The molecule has 1 heteroatoms. The molecule has 0 N–H and O–H groups in total. The fraction of sp³-hybridized carbons (Fsp3) is 0.625. The fourth-order valence-electron chi connectivity index (χ4n) is 2.96. The van der Waals surface area contributed by atoms with Crippen LogP contribution in [0.2, 0.25) is 0 Å². The van der Waals surface area contributed by atoms with Crippen molar-refractivity contribution >= 4 is 12.6 Å². The van der Waals surface area contributed by atoms with Gasteiger partial charge >= 0.3 is 0 Å². The van der Waals surface area contributed by atoms with Gasteiger partial charge in [0.15, 0.2) is 0 Å².